The standard InChI is InChI=1S/C30H51FO6/c1-5-34-29(32)20(3)36-25-14-9-22(10-15-25)7-8-23-11-18-27(28(31)19-23)24-12-16-26(17-13-24)37-21(4)30(33)35-6-2/h20-28H,5-19H2,1-4H3/t20-,21+,22?,23?,24?,25?,26?,27?,28?/m1/s1. The molecule has 3 saturated carbocycles. The summed E-state index contributed by atoms with van der Waals surface area (Å²) < 4.78 is 37.2. The fraction of sp³-hybridized carbons (Fsp3) is 0.933. The van der Waals surface area contributed by atoms with E-state index in [2.05, 4.69) is 0 Å². The van der Waals surface area contributed by atoms with E-state index in [0.717, 1.165) is 77.0 Å². The van der Waals surface area contributed by atoms with Crippen molar-refractivity contribution in [1.82, 2.24) is 0 Å². The van der Waals surface area contributed by atoms with Crippen LogP contribution in [0.5, 0.6) is 0 Å². The van der Waals surface area contributed by atoms with Crippen LogP contribution in [0.25, 0.3) is 0 Å². The fourth-order valence-corrected chi connectivity index (χ4v) is 6.90. The van der Waals surface area contributed by atoms with Crippen LogP contribution in [-0.4, -0.2) is 55.7 Å². The van der Waals surface area contributed by atoms with Gasteiger partial charge in [0.05, 0.1) is 25.4 Å². The second-order valence-corrected chi connectivity index (χ2v) is 11.7. The average molecular weight is 527 g/mol. The molecule has 0 aromatic rings. The van der Waals surface area contributed by atoms with Gasteiger partial charge < -0.3 is 18.9 Å². The first kappa shape index (κ1) is 30.3. The first-order chi connectivity index (χ1) is 17.8. The van der Waals surface area contributed by atoms with Gasteiger partial charge in [-0.1, -0.05) is 12.8 Å². The third-order valence-corrected chi connectivity index (χ3v) is 9.06. The summed E-state index contributed by atoms with van der Waals surface area (Å²) in [5.74, 6) is 1.27. The van der Waals surface area contributed by atoms with Gasteiger partial charge >= 0.3 is 11.9 Å². The van der Waals surface area contributed by atoms with Crippen LogP contribution < -0.4 is 0 Å². The first-order valence-electron chi connectivity index (χ1n) is 15.1. The highest BCUT2D eigenvalue weighted by Gasteiger charge is 2.38. The molecule has 0 radical (unpaired) electrons. The Morgan fingerprint density at radius 3 is 1.65 bits per heavy atom. The van der Waals surface area contributed by atoms with Crippen molar-refractivity contribution in [3.63, 3.8) is 0 Å². The Kier molecular flexibility index (Phi) is 12.6. The van der Waals surface area contributed by atoms with E-state index in [4.69, 9.17) is 18.9 Å². The van der Waals surface area contributed by atoms with Crippen molar-refractivity contribution in [3.8, 4) is 0 Å². The third kappa shape index (κ3) is 9.49. The molecule has 0 N–H and O–H groups in total. The summed E-state index contributed by atoms with van der Waals surface area (Å²) in [7, 11) is 0. The van der Waals surface area contributed by atoms with Crippen molar-refractivity contribution >= 4 is 11.9 Å². The molecule has 3 aliphatic rings. The molecule has 0 aromatic heterocycles. The maximum Gasteiger partial charge on any atom is 0.334 e. The predicted octanol–water partition coefficient (Wildman–Crippen LogP) is 6.58. The largest absolute Gasteiger partial charge is 0.464 e. The number of hydrogen-bond donors (Lipinski definition) is 0. The number of ether oxygens (including phenoxy) is 4. The number of halogens is 1. The van der Waals surface area contributed by atoms with E-state index >= 15 is 4.39 Å². The Morgan fingerprint density at radius 2 is 1.16 bits per heavy atom. The van der Waals surface area contributed by atoms with Gasteiger partial charge in [0.1, 0.15) is 6.17 Å². The van der Waals surface area contributed by atoms with Gasteiger partial charge in [0, 0.05) is 0 Å². The summed E-state index contributed by atoms with van der Waals surface area (Å²) in [5.41, 5.74) is 0. The van der Waals surface area contributed by atoms with E-state index < -0.39 is 18.4 Å². The van der Waals surface area contributed by atoms with Gasteiger partial charge in [0.15, 0.2) is 12.2 Å². The Balaban J connectivity index is 1.30. The molecule has 0 spiro atoms. The van der Waals surface area contributed by atoms with Crippen LogP contribution in [0.2, 0.25) is 0 Å². The fourth-order valence-electron chi connectivity index (χ4n) is 6.90. The molecule has 0 amide bonds. The number of hydrogen-bond acceptors (Lipinski definition) is 6. The van der Waals surface area contributed by atoms with Crippen molar-refractivity contribution in [2.75, 3.05) is 13.2 Å². The van der Waals surface area contributed by atoms with Gasteiger partial charge in [-0.2, -0.15) is 0 Å². The van der Waals surface area contributed by atoms with Crippen LogP contribution in [0.15, 0.2) is 0 Å². The van der Waals surface area contributed by atoms with Crippen LogP contribution in [0, 0.1) is 23.7 Å². The molecule has 5 atom stereocenters. The number of rotatable bonds is 12. The van der Waals surface area contributed by atoms with Crippen LogP contribution in [0.1, 0.15) is 111 Å². The van der Waals surface area contributed by atoms with Crippen molar-refractivity contribution < 1.29 is 32.9 Å². The summed E-state index contributed by atoms with van der Waals surface area (Å²) in [4.78, 5) is 23.6. The molecular formula is C30H51FO6. The molecule has 0 aromatic carbocycles. The molecule has 7 heteroatoms. The minimum Gasteiger partial charge on any atom is -0.464 e. The summed E-state index contributed by atoms with van der Waals surface area (Å²) in [5, 5.41) is 0. The molecular weight excluding hydrogens is 475 g/mol. The van der Waals surface area contributed by atoms with Gasteiger partial charge in [-0.05, 0) is 122 Å². The number of alkyl halides is 1. The van der Waals surface area contributed by atoms with E-state index in [0.29, 0.717) is 31.0 Å². The quantitative estimate of drug-likeness (QED) is 0.268. The van der Waals surface area contributed by atoms with Gasteiger partial charge in [-0.15, -0.1) is 0 Å². The lowest BCUT2D eigenvalue weighted by atomic mass is 9.68. The normalized spacial score (nSPS) is 34.4. The molecule has 0 heterocycles. The van der Waals surface area contributed by atoms with Crippen molar-refractivity contribution in [1.29, 1.82) is 0 Å². The maximum absolute atomic E-state index is 15.3. The predicted molar refractivity (Wildman–Crippen MR) is 141 cm³/mol. The van der Waals surface area contributed by atoms with Gasteiger partial charge in [0.25, 0.3) is 0 Å². The molecule has 3 rings (SSSR count). The molecule has 0 saturated heterocycles. The lowest BCUT2D eigenvalue weighted by molar-refractivity contribution is -0.161. The van der Waals surface area contributed by atoms with Gasteiger partial charge in [0.2, 0.25) is 0 Å². The second-order valence-electron chi connectivity index (χ2n) is 11.7. The highest BCUT2D eigenvalue weighted by Crippen LogP contribution is 2.44. The second kappa shape index (κ2) is 15.4. The van der Waals surface area contributed by atoms with Crippen LogP contribution in [0.4, 0.5) is 4.39 Å². The van der Waals surface area contributed by atoms with Crippen LogP contribution in [0.3, 0.4) is 0 Å². The summed E-state index contributed by atoms with van der Waals surface area (Å²) >= 11 is 0. The molecule has 0 bridgehead atoms. The molecule has 214 valence electrons. The lowest BCUT2D eigenvalue weighted by Crippen LogP contribution is -2.36. The van der Waals surface area contributed by atoms with Gasteiger partial charge in [-0.25, -0.2) is 14.0 Å². The first-order valence-corrected chi connectivity index (χ1v) is 15.1. The molecule has 6 nitrogen and oxygen atoms in total. The van der Waals surface area contributed by atoms with E-state index in [1.165, 1.54) is 6.42 Å². The summed E-state index contributed by atoms with van der Waals surface area (Å²) in [6.45, 7) is 7.90. The number of carbonyl (C=O) groups is 2. The SMILES string of the molecule is CCOC(=O)[C@H](C)OC1CCC(C2CCC(CCC3CCC(O[C@H](C)C(=O)OCC)CC3)CC2F)CC1. The van der Waals surface area contributed by atoms with E-state index in [9.17, 15) is 9.59 Å². The monoisotopic (exact) mass is 526 g/mol. The van der Waals surface area contributed by atoms with E-state index in [1.807, 2.05) is 6.92 Å². The smallest absolute Gasteiger partial charge is 0.334 e. The van der Waals surface area contributed by atoms with Crippen molar-refractivity contribution in [3.05, 3.63) is 0 Å². The molecule has 3 fully saturated rings. The van der Waals surface area contributed by atoms with Crippen LogP contribution in [-0.2, 0) is 28.5 Å². The Bertz CT molecular complexity index is 686. The highest BCUT2D eigenvalue weighted by molar-refractivity contribution is 5.74. The lowest BCUT2D eigenvalue weighted by Gasteiger charge is -2.40. The molecule has 3 unspecified atom stereocenters. The Labute approximate surface area is 223 Å². The minimum atomic E-state index is -0.687. The van der Waals surface area contributed by atoms with E-state index in [1.54, 1.807) is 20.8 Å². The molecule has 0 aliphatic heterocycles. The Hall–Kier alpha value is -1.21. The zero-order valence-electron chi connectivity index (χ0n) is 23.6. The van der Waals surface area contributed by atoms with E-state index in [-0.39, 0.29) is 30.1 Å². The zero-order valence-corrected chi connectivity index (χ0v) is 23.6. The number of esters is 2. The maximum atomic E-state index is 15.3. The topological polar surface area (TPSA) is 71.1 Å². The van der Waals surface area contributed by atoms with Crippen molar-refractivity contribution in [2.45, 2.75) is 142 Å². The summed E-state index contributed by atoms with van der Waals surface area (Å²) in [6, 6.07) is 0. The third-order valence-electron chi connectivity index (χ3n) is 9.06. The summed E-state index contributed by atoms with van der Waals surface area (Å²) in [6.07, 6.45) is 11.8. The van der Waals surface area contributed by atoms with Gasteiger partial charge in [-0.3, -0.25) is 0 Å². The average Bonchev–Trinajstić information content (AvgIpc) is 2.89. The minimum absolute atomic E-state index is 0.0823. The molecule has 37 heavy (non-hydrogen) atoms. The van der Waals surface area contributed by atoms with Crippen molar-refractivity contribution in [2.24, 2.45) is 23.7 Å². The Morgan fingerprint density at radius 1 is 0.703 bits per heavy atom. The number of carbonyl (C=O) groups excluding carboxylic acids is 2. The zero-order chi connectivity index (χ0) is 26.8. The molecule has 3 aliphatic carbocycles. The highest BCUT2D eigenvalue weighted by atomic mass is 19.1. The van der Waals surface area contributed by atoms with Crippen LogP contribution >= 0.6 is 0 Å².